The van der Waals surface area contributed by atoms with Crippen molar-refractivity contribution in [3.8, 4) is 0 Å². The van der Waals surface area contributed by atoms with Gasteiger partial charge in [-0.05, 0) is 23.3 Å². The fraction of sp³-hybridized carbons (Fsp3) is 0.211. The van der Waals surface area contributed by atoms with Gasteiger partial charge in [0.25, 0.3) is 5.69 Å². The quantitative estimate of drug-likeness (QED) is 0.313. The maximum Gasteiger partial charge on any atom is 0.391 e. The summed E-state index contributed by atoms with van der Waals surface area (Å²) in [7, 11) is 1.19. The Hall–Kier alpha value is -3.36. The fourth-order valence-electron chi connectivity index (χ4n) is 2.51. The zero-order valence-electron chi connectivity index (χ0n) is 14.8. The number of anilines is 1. The third-order valence-electron chi connectivity index (χ3n) is 3.80. The van der Waals surface area contributed by atoms with Gasteiger partial charge < -0.3 is 10.1 Å². The Morgan fingerprint density at radius 2 is 1.93 bits per heavy atom. The molecule has 2 aromatic carbocycles. The Bertz CT molecular complexity index is 867. The highest BCUT2D eigenvalue weighted by Gasteiger charge is 2.33. The molecule has 0 aliphatic heterocycles. The van der Waals surface area contributed by atoms with Gasteiger partial charge in [0.1, 0.15) is 5.69 Å². The minimum absolute atomic E-state index is 0.0571. The number of nitro groups is 1. The van der Waals surface area contributed by atoms with E-state index in [1.165, 1.54) is 37.5 Å². The van der Waals surface area contributed by atoms with Crippen LogP contribution in [0, 0.1) is 10.1 Å². The van der Waals surface area contributed by atoms with Crippen LogP contribution in [0.2, 0.25) is 0 Å². The number of hydrogen-bond donors (Lipinski definition) is 1. The number of nitro benzene ring substituents is 1. The second-order valence-corrected chi connectivity index (χ2v) is 5.82. The number of rotatable bonds is 7. The summed E-state index contributed by atoms with van der Waals surface area (Å²) in [5.41, 5.74) is 0.215. The molecule has 0 saturated heterocycles. The summed E-state index contributed by atoms with van der Waals surface area (Å²) in [6.45, 7) is 0. The molecule has 0 aliphatic rings. The molecule has 1 atom stereocenters. The van der Waals surface area contributed by atoms with Crippen LogP contribution in [0.15, 0.2) is 54.6 Å². The molecule has 0 radical (unpaired) electrons. The summed E-state index contributed by atoms with van der Waals surface area (Å²) in [5, 5.41) is 14.0. The van der Waals surface area contributed by atoms with E-state index >= 15 is 0 Å². The number of nitrogens with one attached hydrogen (secondary N) is 1. The second-order valence-electron chi connectivity index (χ2n) is 5.82. The average Bonchev–Trinajstić information content (AvgIpc) is 2.65. The lowest BCUT2D eigenvalue weighted by atomic mass is 10.0. The normalized spacial score (nSPS) is 12.6. The summed E-state index contributed by atoms with van der Waals surface area (Å²) in [6, 6.07) is 10.6. The Labute approximate surface area is 158 Å². The lowest BCUT2D eigenvalue weighted by molar-refractivity contribution is -0.384. The van der Waals surface area contributed by atoms with E-state index in [2.05, 4.69) is 10.1 Å². The smallest absolute Gasteiger partial charge is 0.391 e. The predicted octanol–water partition coefficient (Wildman–Crippen LogP) is 4.89. The molecule has 0 aliphatic carbocycles. The van der Waals surface area contributed by atoms with E-state index in [1.807, 2.05) is 0 Å². The number of carbonyl (C=O) groups excluding carboxylic acids is 1. The monoisotopic (exact) mass is 394 g/mol. The molecule has 0 bridgehead atoms. The largest absolute Gasteiger partial charge is 0.466 e. The topological polar surface area (TPSA) is 81.5 Å². The number of hydrogen-bond acceptors (Lipinski definition) is 5. The van der Waals surface area contributed by atoms with Crippen LogP contribution in [-0.4, -0.2) is 24.2 Å². The molecule has 6 nitrogen and oxygen atoms in total. The van der Waals surface area contributed by atoms with Crippen LogP contribution in [-0.2, 0) is 9.53 Å². The van der Waals surface area contributed by atoms with Gasteiger partial charge >= 0.3 is 12.1 Å². The van der Waals surface area contributed by atoms with Gasteiger partial charge in [-0.2, -0.15) is 13.2 Å². The number of carbonyl (C=O) groups is 1. The van der Waals surface area contributed by atoms with Crippen LogP contribution in [0.25, 0.3) is 6.08 Å². The van der Waals surface area contributed by atoms with Gasteiger partial charge in [0.2, 0.25) is 0 Å². The zero-order valence-corrected chi connectivity index (χ0v) is 14.8. The molecule has 28 heavy (non-hydrogen) atoms. The van der Waals surface area contributed by atoms with Crippen molar-refractivity contribution in [3.05, 3.63) is 75.8 Å². The van der Waals surface area contributed by atoms with Gasteiger partial charge in [0.15, 0.2) is 0 Å². The Balaban J connectivity index is 2.36. The van der Waals surface area contributed by atoms with E-state index in [-0.39, 0.29) is 5.69 Å². The van der Waals surface area contributed by atoms with Gasteiger partial charge in [-0.15, -0.1) is 0 Å². The van der Waals surface area contributed by atoms with Crippen LogP contribution >= 0.6 is 0 Å². The van der Waals surface area contributed by atoms with Crippen LogP contribution in [0.5, 0.6) is 0 Å². The highest BCUT2D eigenvalue weighted by molar-refractivity contribution is 5.87. The van der Waals surface area contributed by atoms with E-state index in [1.54, 1.807) is 18.2 Å². The molecule has 0 saturated carbocycles. The number of ether oxygens (including phenoxy) is 1. The number of halogens is 3. The average molecular weight is 394 g/mol. The lowest BCUT2D eigenvalue weighted by Gasteiger charge is -2.22. The molecule has 9 heteroatoms. The molecular formula is C19H17F3N2O4. The third kappa shape index (κ3) is 6.11. The minimum atomic E-state index is -4.47. The van der Waals surface area contributed by atoms with E-state index in [4.69, 9.17) is 0 Å². The molecule has 1 unspecified atom stereocenters. The Morgan fingerprint density at radius 3 is 2.50 bits per heavy atom. The van der Waals surface area contributed by atoms with Gasteiger partial charge in [-0.3, -0.25) is 10.1 Å². The van der Waals surface area contributed by atoms with Crippen molar-refractivity contribution in [2.45, 2.75) is 18.6 Å². The van der Waals surface area contributed by atoms with Crippen molar-refractivity contribution in [2.75, 3.05) is 12.4 Å². The molecular weight excluding hydrogens is 377 g/mol. The Kier molecular flexibility index (Phi) is 6.75. The van der Waals surface area contributed by atoms with Crippen molar-refractivity contribution in [2.24, 2.45) is 0 Å². The zero-order chi connectivity index (χ0) is 20.7. The highest BCUT2D eigenvalue weighted by Crippen LogP contribution is 2.35. The summed E-state index contributed by atoms with van der Waals surface area (Å²) in [4.78, 5) is 21.8. The van der Waals surface area contributed by atoms with Crippen molar-refractivity contribution in [1.29, 1.82) is 0 Å². The first kappa shape index (κ1) is 20.9. The van der Waals surface area contributed by atoms with Crippen molar-refractivity contribution >= 4 is 23.4 Å². The molecule has 0 fully saturated rings. The second kappa shape index (κ2) is 9.03. The molecule has 0 heterocycles. The minimum Gasteiger partial charge on any atom is -0.466 e. The predicted molar refractivity (Wildman–Crippen MR) is 97.6 cm³/mol. The molecule has 0 spiro atoms. The first-order chi connectivity index (χ1) is 13.2. The highest BCUT2D eigenvalue weighted by atomic mass is 19.4. The van der Waals surface area contributed by atoms with Crippen molar-refractivity contribution < 1.29 is 27.6 Å². The van der Waals surface area contributed by atoms with Crippen LogP contribution in [0.4, 0.5) is 24.5 Å². The first-order valence-electron chi connectivity index (χ1n) is 8.12. The maximum atomic E-state index is 13.0. The maximum absolute atomic E-state index is 13.0. The molecule has 1 N–H and O–H groups in total. The Morgan fingerprint density at radius 1 is 1.25 bits per heavy atom. The van der Waals surface area contributed by atoms with E-state index in [9.17, 15) is 28.1 Å². The van der Waals surface area contributed by atoms with Crippen LogP contribution in [0.1, 0.15) is 23.6 Å². The first-order valence-corrected chi connectivity index (χ1v) is 8.12. The van der Waals surface area contributed by atoms with Gasteiger partial charge in [-0.1, -0.05) is 36.4 Å². The molecule has 148 valence electrons. The van der Waals surface area contributed by atoms with E-state index in [0.717, 1.165) is 12.1 Å². The number of benzene rings is 2. The number of esters is 1. The lowest BCUT2D eigenvalue weighted by Crippen LogP contribution is -2.20. The third-order valence-corrected chi connectivity index (χ3v) is 3.80. The van der Waals surface area contributed by atoms with Crippen LogP contribution in [0.3, 0.4) is 0 Å². The van der Waals surface area contributed by atoms with Crippen molar-refractivity contribution in [3.63, 3.8) is 0 Å². The SMILES string of the molecule is COC(=O)/C=C/c1ccc(NC(CC(F)(F)F)c2ccccc2)c([N+](=O)[O-])c1. The molecule has 2 aromatic rings. The standard InChI is InChI=1S/C19H17F3N2O4/c1-28-18(25)10-8-13-7-9-15(17(11-13)24(26)27)23-16(12-19(20,21)22)14-5-3-2-4-6-14/h2-11,16,23H,12H2,1H3/b10-8+. The summed E-state index contributed by atoms with van der Waals surface area (Å²) in [6.07, 6.45) is -3.26. The summed E-state index contributed by atoms with van der Waals surface area (Å²) < 4.78 is 43.4. The number of methoxy groups -OCH3 is 1. The van der Waals surface area contributed by atoms with Crippen LogP contribution < -0.4 is 5.32 Å². The van der Waals surface area contributed by atoms with Crippen molar-refractivity contribution in [1.82, 2.24) is 0 Å². The van der Waals surface area contributed by atoms with E-state index < -0.39 is 35.2 Å². The fourth-order valence-corrected chi connectivity index (χ4v) is 2.51. The number of nitrogens with zero attached hydrogens (tertiary/aromatic N) is 1. The number of alkyl halides is 3. The molecule has 2 rings (SSSR count). The molecule has 0 amide bonds. The summed E-state index contributed by atoms with van der Waals surface area (Å²) >= 11 is 0. The van der Waals surface area contributed by atoms with Gasteiger partial charge in [-0.25, -0.2) is 4.79 Å². The van der Waals surface area contributed by atoms with Gasteiger partial charge in [0.05, 0.1) is 24.5 Å². The summed E-state index contributed by atoms with van der Waals surface area (Å²) in [5.74, 6) is -0.640. The van der Waals surface area contributed by atoms with Gasteiger partial charge in [0, 0.05) is 12.1 Å². The molecule has 0 aromatic heterocycles. The van der Waals surface area contributed by atoms with E-state index in [0.29, 0.717) is 11.1 Å².